The predicted octanol–water partition coefficient (Wildman–Crippen LogP) is 3.03. The Bertz CT molecular complexity index is 1250. The lowest BCUT2D eigenvalue weighted by Gasteiger charge is -2.24. The van der Waals surface area contributed by atoms with Crippen LogP contribution >= 0.6 is 0 Å². The quantitative estimate of drug-likeness (QED) is 0.563. The zero-order valence-electron chi connectivity index (χ0n) is 18.6. The highest BCUT2D eigenvalue weighted by Gasteiger charge is 2.50. The molecular formula is C24H22N4O6. The maximum absolute atomic E-state index is 13.3. The highest BCUT2D eigenvalue weighted by molar-refractivity contribution is 6.09. The molecule has 4 heterocycles. The molecule has 5 rings (SSSR count). The molecular weight excluding hydrogens is 440 g/mol. The molecule has 1 aromatic carbocycles. The van der Waals surface area contributed by atoms with Crippen molar-refractivity contribution in [1.29, 1.82) is 0 Å². The van der Waals surface area contributed by atoms with Gasteiger partial charge in [0.05, 0.1) is 19.6 Å². The van der Waals surface area contributed by atoms with E-state index in [1.807, 2.05) is 0 Å². The average molecular weight is 462 g/mol. The fraction of sp³-hybridized carbons (Fsp3) is 0.250. The van der Waals surface area contributed by atoms with Gasteiger partial charge in [-0.25, -0.2) is 9.80 Å². The van der Waals surface area contributed by atoms with Crippen molar-refractivity contribution >= 4 is 23.6 Å². The Morgan fingerprint density at radius 2 is 1.88 bits per heavy atom. The molecule has 1 fully saturated rings. The summed E-state index contributed by atoms with van der Waals surface area (Å²) in [5.41, 5.74) is -0.160. The van der Waals surface area contributed by atoms with Gasteiger partial charge in [-0.1, -0.05) is 12.1 Å². The standard InChI is InChI=1S/C24H22N4O6/c1-24(15-7-9-16(32-2)10-8-15)22(30)27(23(31)25-24)14-21(29)28-18(20-6-4-12-34-20)13-17(26-28)19-5-3-11-33-19/h3-12,18H,13-14H2,1-2H3,(H,25,31). The van der Waals surface area contributed by atoms with Gasteiger partial charge in [-0.2, -0.15) is 5.10 Å². The fourth-order valence-corrected chi connectivity index (χ4v) is 4.20. The van der Waals surface area contributed by atoms with Crippen molar-refractivity contribution in [2.45, 2.75) is 24.9 Å². The number of imide groups is 1. The summed E-state index contributed by atoms with van der Waals surface area (Å²) in [4.78, 5) is 40.2. The predicted molar refractivity (Wildman–Crippen MR) is 119 cm³/mol. The van der Waals surface area contributed by atoms with Crippen molar-refractivity contribution in [2.24, 2.45) is 5.10 Å². The molecule has 3 aromatic rings. The SMILES string of the molecule is COc1ccc(C2(C)NC(=O)N(CC(=O)N3N=C(c4ccco4)CC3c3ccco3)C2=O)cc1. The van der Waals surface area contributed by atoms with Gasteiger partial charge < -0.3 is 18.9 Å². The number of hydrogen-bond acceptors (Lipinski definition) is 7. The molecule has 34 heavy (non-hydrogen) atoms. The second kappa shape index (κ2) is 8.22. The summed E-state index contributed by atoms with van der Waals surface area (Å²) >= 11 is 0. The van der Waals surface area contributed by atoms with Gasteiger partial charge in [0.2, 0.25) is 0 Å². The molecule has 1 N–H and O–H groups in total. The van der Waals surface area contributed by atoms with Crippen LogP contribution in [0.5, 0.6) is 5.75 Å². The third-order valence-electron chi connectivity index (χ3n) is 6.08. The van der Waals surface area contributed by atoms with Crippen molar-refractivity contribution in [3.63, 3.8) is 0 Å². The number of methoxy groups -OCH3 is 1. The number of hydrazone groups is 1. The number of carbonyl (C=O) groups is 3. The second-order valence-electron chi connectivity index (χ2n) is 8.17. The Kier molecular flexibility index (Phi) is 5.20. The number of amides is 4. The maximum Gasteiger partial charge on any atom is 0.325 e. The topological polar surface area (TPSA) is 118 Å². The van der Waals surface area contributed by atoms with Gasteiger partial charge in [0, 0.05) is 6.42 Å². The van der Waals surface area contributed by atoms with Crippen LogP contribution in [0.15, 0.2) is 75.0 Å². The van der Waals surface area contributed by atoms with Crippen molar-refractivity contribution in [1.82, 2.24) is 15.2 Å². The third kappa shape index (κ3) is 3.53. The van der Waals surface area contributed by atoms with E-state index in [-0.39, 0.29) is 0 Å². The van der Waals surface area contributed by atoms with Gasteiger partial charge in [0.25, 0.3) is 11.8 Å². The van der Waals surface area contributed by atoms with Crippen LogP contribution in [0.25, 0.3) is 0 Å². The van der Waals surface area contributed by atoms with Gasteiger partial charge in [-0.3, -0.25) is 14.5 Å². The lowest BCUT2D eigenvalue weighted by molar-refractivity contribution is -0.140. The molecule has 4 amide bonds. The Balaban J connectivity index is 1.39. The smallest absolute Gasteiger partial charge is 0.325 e. The molecule has 2 aliphatic rings. The highest BCUT2D eigenvalue weighted by Crippen LogP contribution is 2.34. The maximum atomic E-state index is 13.3. The summed E-state index contributed by atoms with van der Waals surface area (Å²) in [5, 5.41) is 8.39. The highest BCUT2D eigenvalue weighted by atomic mass is 16.5. The van der Waals surface area contributed by atoms with E-state index in [2.05, 4.69) is 10.4 Å². The molecule has 1 saturated heterocycles. The summed E-state index contributed by atoms with van der Waals surface area (Å²) in [5.74, 6) is 0.651. The van der Waals surface area contributed by atoms with Crippen molar-refractivity contribution < 1.29 is 28.0 Å². The number of furan rings is 2. The van der Waals surface area contributed by atoms with Crippen LogP contribution in [0.2, 0.25) is 0 Å². The molecule has 0 bridgehead atoms. The summed E-state index contributed by atoms with van der Waals surface area (Å²) in [7, 11) is 1.54. The molecule has 174 valence electrons. The molecule has 10 heteroatoms. The lowest BCUT2D eigenvalue weighted by atomic mass is 9.92. The van der Waals surface area contributed by atoms with Crippen molar-refractivity contribution in [3.8, 4) is 5.75 Å². The third-order valence-corrected chi connectivity index (χ3v) is 6.08. The van der Waals surface area contributed by atoms with Crippen LogP contribution in [-0.4, -0.2) is 47.1 Å². The minimum Gasteiger partial charge on any atom is -0.497 e. The zero-order valence-corrected chi connectivity index (χ0v) is 18.6. The van der Waals surface area contributed by atoms with Gasteiger partial charge in [0.15, 0.2) is 0 Å². The van der Waals surface area contributed by atoms with Crippen LogP contribution in [-0.2, 0) is 15.1 Å². The molecule has 2 aromatic heterocycles. The Morgan fingerprint density at radius 1 is 1.15 bits per heavy atom. The van der Waals surface area contributed by atoms with Crippen LogP contribution in [0.3, 0.4) is 0 Å². The number of carbonyl (C=O) groups excluding carboxylic acids is 3. The number of benzene rings is 1. The van der Waals surface area contributed by atoms with E-state index in [1.54, 1.807) is 62.6 Å². The van der Waals surface area contributed by atoms with Gasteiger partial charge in [0.1, 0.15) is 41.1 Å². The number of nitrogens with one attached hydrogen (secondary N) is 1. The monoisotopic (exact) mass is 462 g/mol. The second-order valence-corrected chi connectivity index (χ2v) is 8.17. The molecule has 0 saturated carbocycles. The number of ether oxygens (including phenoxy) is 1. The fourth-order valence-electron chi connectivity index (χ4n) is 4.20. The van der Waals surface area contributed by atoms with E-state index < -0.39 is 36.0 Å². The van der Waals surface area contributed by atoms with E-state index in [0.717, 1.165) is 4.90 Å². The van der Waals surface area contributed by atoms with Crippen molar-refractivity contribution in [3.05, 3.63) is 78.1 Å². The number of hydrogen-bond donors (Lipinski definition) is 1. The minimum absolute atomic E-state index is 0.372. The molecule has 10 nitrogen and oxygen atoms in total. The summed E-state index contributed by atoms with van der Waals surface area (Å²) < 4.78 is 16.1. The number of rotatable bonds is 6. The van der Waals surface area contributed by atoms with E-state index in [0.29, 0.717) is 35.0 Å². The molecule has 2 aliphatic heterocycles. The van der Waals surface area contributed by atoms with Gasteiger partial charge in [-0.05, 0) is 48.9 Å². The van der Waals surface area contributed by atoms with Crippen LogP contribution in [0.4, 0.5) is 4.79 Å². The first-order chi connectivity index (χ1) is 16.4. The average Bonchev–Trinajstić information content (AvgIpc) is 3.64. The first-order valence-corrected chi connectivity index (χ1v) is 10.7. The first kappa shape index (κ1) is 21.5. The van der Waals surface area contributed by atoms with E-state index >= 15 is 0 Å². The van der Waals surface area contributed by atoms with E-state index in [4.69, 9.17) is 13.6 Å². The van der Waals surface area contributed by atoms with Crippen molar-refractivity contribution in [2.75, 3.05) is 13.7 Å². The molecule has 0 spiro atoms. The molecule has 2 unspecified atom stereocenters. The number of nitrogens with zero attached hydrogens (tertiary/aromatic N) is 3. The summed E-state index contributed by atoms with van der Waals surface area (Å²) in [6, 6.07) is 12.6. The summed E-state index contributed by atoms with van der Waals surface area (Å²) in [6.45, 7) is 1.14. The first-order valence-electron chi connectivity index (χ1n) is 10.7. The molecule has 0 aliphatic carbocycles. The largest absolute Gasteiger partial charge is 0.497 e. The lowest BCUT2D eigenvalue weighted by Crippen LogP contribution is -2.43. The zero-order chi connectivity index (χ0) is 23.9. The Morgan fingerprint density at radius 3 is 2.53 bits per heavy atom. The molecule has 0 radical (unpaired) electrons. The van der Waals surface area contributed by atoms with E-state index in [1.165, 1.54) is 17.5 Å². The molecule has 2 atom stereocenters. The van der Waals surface area contributed by atoms with Crippen LogP contribution in [0.1, 0.15) is 36.5 Å². The Labute approximate surface area is 194 Å². The van der Waals surface area contributed by atoms with Gasteiger partial charge >= 0.3 is 6.03 Å². The van der Waals surface area contributed by atoms with Crippen LogP contribution < -0.4 is 10.1 Å². The minimum atomic E-state index is -1.31. The van der Waals surface area contributed by atoms with Gasteiger partial charge in [-0.15, -0.1) is 0 Å². The number of urea groups is 1. The summed E-state index contributed by atoms with van der Waals surface area (Å²) in [6.07, 6.45) is 3.41. The normalized spacial score (nSPS) is 22.2. The Hall–Kier alpha value is -4.34. The van der Waals surface area contributed by atoms with Crippen LogP contribution in [0, 0.1) is 0 Å². The van der Waals surface area contributed by atoms with E-state index in [9.17, 15) is 14.4 Å².